The summed E-state index contributed by atoms with van der Waals surface area (Å²) >= 11 is 0. The molecule has 3 aromatic carbocycles. The first-order valence-electron chi connectivity index (χ1n) is 13.5. The van der Waals surface area contributed by atoms with Gasteiger partial charge in [0.2, 0.25) is 10.0 Å². The fourth-order valence-electron chi connectivity index (χ4n) is 4.65. The Morgan fingerprint density at radius 2 is 1.76 bits per heavy atom. The van der Waals surface area contributed by atoms with Crippen LogP contribution in [0.1, 0.15) is 27.0 Å². The number of halogens is 1. The number of aliphatic carboxylic acids is 1. The van der Waals surface area contributed by atoms with E-state index < -0.39 is 38.7 Å². The molecule has 1 atom stereocenters. The van der Waals surface area contributed by atoms with Crippen molar-refractivity contribution >= 4 is 32.8 Å². The Balaban J connectivity index is 1.36. The highest BCUT2D eigenvalue weighted by atomic mass is 32.2. The first kappa shape index (κ1) is 31.0. The van der Waals surface area contributed by atoms with Crippen LogP contribution in [0.15, 0.2) is 102 Å². The van der Waals surface area contributed by atoms with Crippen LogP contribution in [0.3, 0.4) is 0 Å². The maximum atomic E-state index is 15.0. The lowest BCUT2D eigenvalue weighted by Gasteiger charge is -2.24. The summed E-state index contributed by atoms with van der Waals surface area (Å²) in [6, 6.07) is 20.7. The number of hydrazine groups is 1. The van der Waals surface area contributed by atoms with Gasteiger partial charge in [-0.25, -0.2) is 23.6 Å². The molecule has 5 aromatic rings. The molecule has 0 saturated carbocycles. The van der Waals surface area contributed by atoms with Crippen LogP contribution in [0.25, 0.3) is 22.2 Å². The number of carboxylic acid groups (broad SMARTS) is 1. The monoisotopic (exact) mass is 623 g/mol. The number of sulfonamides is 1. The molecular weight excluding hydrogens is 597 g/mol. The van der Waals surface area contributed by atoms with E-state index in [2.05, 4.69) is 27.2 Å². The van der Waals surface area contributed by atoms with Crippen LogP contribution in [-0.2, 0) is 21.2 Å². The molecule has 0 aliphatic rings. The molecule has 0 aliphatic carbocycles. The Bertz CT molecular complexity index is 2080. The molecule has 0 aliphatic heterocycles. The van der Waals surface area contributed by atoms with Crippen molar-refractivity contribution in [3.8, 4) is 23.1 Å². The van der Waals surface area contributed by atoms with Crippen molar-refractivity contribution in [2.75, 3.05) is 7.05 Å². The number of carbonyl (C=O) groups excluding carboxylic acids is 1. The number of nitrogens with one attached hydrogen (secondary N) is 1. The second kappa shape index (κ2) is 13.0. The number of nitrogens with zero attached hydrogens (tertiary/aromatic N) is 3. The van der Waals surface area contributed by atoms with Gasteiger partial charge in [-0.15, -0.1) is 0 Å². The number of nitrogens with two attached hydrogens (primary N) is 1. The van der Waals surface area contributed by atoms with E-state index in [0.29, 0.717) is 38.9 Å². The average molecular weight is 624 g/mol. The second-order valence-electron chi connectivity index (χ2n) is 9.96. The summed E-state index contributed by atoms with van der Waals surface area (Å²) in [5, 5.41) is 10.3. The van der Waals surface area contributed by atoms with Crippen molar-refractivity contribution < 1.29 is 27.5 Å². The molecule has 2 heterocycles. The molecule has 0 spiro atoms. The topological polar surface area (TPSA) is 156 Å². The molecule has 2 aromatic heterocycles. The quantitative estimate of drug-likeness (QED) is 0.102. The number of carboxylic acids is 1. The fourth-order valence-corrected chi connectivity index (χ4v) is 5.97. The second-order valence-corrected chi connectivity index (χ2v) is 12.0. The largest absolute Gasteiger partial charge is 0.480 e. The molecule has 0 saturated heterocycles. The molecule has 1 unspecified atom stereocenters. The van der Waals surface area contributed by atoms with E-state index in [1.807, 2.05) is 0 Å². The standard InChI is InChI=1S/C33H26FN5O5S/c1-39(31(33(41)42)17-22-5-3-2-4-6-22)45(43,44)25-14-13-23(28(34)18-25)10-7-21-8-11-24(12-9-21)30-19-26(32(40)38-35)27-20-36-16-15-29(27)37-30/h2-6,8-9,11-16,18-20,31H,17,35H2,1H3,(H,38,40)(H,41,42). The number of nitrogen functional groups attached to an aromatic ring is 1. The molecule has 1 amide bonds. The lowest BCUT2D eigenvalue weighted by atomic mass is 10.0. The van der Waals surface area contributed by atoms with Crippen molar-refractivity contribution in [3.05, 3.63) is 125 Å². The summed E-state index contributed by atoms with van der Waals surface area (Å²) < 4.78 is 42.2. The first-order valence-corrected chi connectivity index (χ1v) is 14.9. The minimum atomic E-state index is -4.34. The van der Waals surface area contributed by atoms with E-state index in [1.54, 1.807) is 72.9 Å². The number of fused-ring (bicyclic) bond motifs is 1. The highest BCUT2D eigenvalue weighted by Crippen LogP contribution is 2.25. The number of amides is 1. The predicted molar refractivity (Wildman–Crippen MR) is 166 cm³/mol. The van der Waals surface area contributed by atoms with Gasteiger partial charge in [-0.3, -0.25) is 20.0 Å². The van der Waals surface area contributed by atoms with E-state index in [-0.39, 0.29) is 12.0 Å². The Morgan fingerprint density at radius 3 is 2.42 bits per heavy atom. The predicted octanol–water partition coefficient (Wildman–Crippen LogP) is 3.76. The number of rotatable bonds is 8. The molecule has 226 valence electrons. The molecule has 10 nitrogen and oxygen atoms in total. The summed E-state index contributed by atoms with van der Waals surface area (Å²) in [6.07, 6.45) is 3.04. The van der Waals surface area contributed by atoms with Crippen LogP contribution in [0.4, 0.5) is 4.39 Å². The normalized spacial score (nSPS) is 11.9. The molecule has 0 fully saturated rings. The Morgan fingerprint density at radius 1 is 1.02 bits per heavy atom. The number of likely N-dealkylation sites (N-methyl/N-ethyl adjacent to an activating group) is 1. The molecule has 4 N–H and O–H groups in total. The van der Waals surface area contributed by atoms with Crippen LogP contribution >= 0.6 is 0 Å². The summed E-state index contributed by atoms with van der Waals surface area (Å²) in [5.41, 5.74) is 5.38. The van der Waals surface area contributed by atoms with Crippen molar-refractivity contribution in [2.24, 2.45) is 5.84 Å². The Labute approximate surface area is 258 Å². The number of carbonyl (C=O) groups is 2. The molecule has 0 bridgehead atoms. The number of pyridine rings is 2. The highest BCUT2D eigenvalue weighted by molar-refractivity contribution is 7.89. The maximum Gasteiger partial charge on any atom is 0.322 e. The molecular formula is C33H26FN5O5S. The maximum absolute atomic E-state index is 15.0. The lowest BCUT2D eigenvalue weighted by molar-refractivity contribution is -0.141. The van der Waals surface area contributed by atoms with Crippen molar-refractivity contribution in [1.29, 1.82) is 0 Å². The van der Waals surface area contributed by atoms with Gasteiger partial charge < -0.3 is 5.11 Å². The van der Waals surface area contributed by atoms with E-state index in [9.17, 15) is 23.1 Å². The van der Waals surface area contributed by atoms with Crippen LogP contribution in [0, 0.1) is 17.7 Å². The zero-order valence-corrected chi connectivity index (χ0v) is 24.6. The first-order chi connectivity index (χ1) is 21.6. The van der Waals surface area contributed by atoms with Gasteiger partial charge in [-0.05, 0) is 54.4 Å². The summed E-state index contributed by atoms with van der Waals surface area (Å²) in [5.74, 6) is 8.23. The van der Waals surface area contributed by atoms with Gasteiger partial charge in [-0.1, -0.05) is 54.3 Å². The third-order valence-electron chi connectivity index (χ3n) is 7.12. The van der Waals surface area contributed by atoms with Crippen molar-refractivity contribution in [3.63, 3.8) is 0 Å². The van der Waals surface area contributed by atoms with Gasteiger partial charge in [0.25, 0.3) is 5.91 Å². The Hall–Kier alpha value is -5.48. The van der Waals surface area contributed by atoms with E-state index >= 15 is 4.39 Å². The molecule has 5 rings (SSSR count). The third kappa shape index (κ3) is 6.71. The van der Waals surface area contributed by atoms with Gasteiger partial charge in [0.15, 0.2) is 0 Å². The van der Waals surface area contributed by atoms with Crippen LogP contribution < -0.4 is 11.3 Å². The number of hydrogen-bond donors (Lipinski definition) is 3. The summed E-state index contributed by atoms with van der Waals surface area (Å²) in [7, 11) is -3.18. The molecule has 0 radical (unpaired) electrons. The van der Waals surface area contributed by atoms with Crippen molar-refractivity contribution in [2.45, 2.75) is 17.4 Å². The van der Waals surface area contributed by atoms with E-state index in [1.165, 1.54) is 18.3 Å². The van der Waals surface area contributed by atoms with E-state index in [0.717, 1.165) is 17.4 Å². The minimum Gasteiger partial charge on any atom is -0.480 e. The highest BCUT2D eigenvalue weighted by Gasteiger charge is 2.33. The molecule has 12 heteroatoms. The van der Waals surface area contributed by atoms with Crippen LogP contribution in [-0.4, -0.2) is 52.8 Å². The summed E-state index contributed by atoms with van der Waals surface area (Å²) in [6.45, 7) is 0. The zero-order valence-electron chi connectivity index (χ0n) is 23.8. The summed E-state index contributed by atoms with van der Waals surface area (Å²) in [4.78, 5) is 32.6. The van der Waals surface area contributed by atoms with Gasteiger partial charge in [0.05, 0.1) is 27.2 Å². The van der Waals surface area contributed by atoms with Crippen molar-refractivity contribution in [1.82, 2.24) is 19.7 Å². The van der Waals surface area contributed by atoms with Crippen LogP contribution in [0.5, 0.6) is 0 Å². The third-order valence-corrected chi connectivity index (χ3v) is 8.98. The smallest absolute Gasteiger partial charge is 0.322 e. The average Bonchev–Trinajstić information content (AvgIpc) is 3.06. The number of aromatic nitrogens is 2. The Kier molecular flexibility index (Phi) is 8.96. The lowest BCUT2D eigenvalue weighted by Crippen LogP contribution is -2.43. The number of hydrogen-bond acceptors (Lipinski definition) is 7. The van der Waals surface area contributed by atoms with Gasteiger partial charge >= 0.3 is 5.97 Å². The molecule has 45 heavy (non-hydrogen) atoms. The van der Waals surface area contributed by atoms with Crippen LogP contribution in [0.2, 0.25) is 0 Å². The van der Waals surface area contributed by atoms with Gasteiger partial charge in [0.1, 0.15) is 11.9 Å². The fraction of sp³-hybridized carbons (Fsp3) is 0.0909. The van der Waals surface area contributed by atoms with Gasteiger partial charge in [-0.2, -0.15) is 4.31 Å². The number of benzene rings is 3. The van der Waals surface area contributed by atoms with Gasteiger partial charge in [0, 0.05) is 36.0 Å². The van der Waals surface area contributed by atoms with E-state index in [4.69, 9.17) is 5.84 Å². The SMILES string of the molecule is CN(C(Cc1ccccc1)C(=O)O)S(=O)(=O)c1ccc(C#Cc2ccc(-c3cc(C(=O)NN)c4cnccc4n3)cc2)c(F)c1. The minimum absolute atomic E-state index is 0.0398. The zero-order chi connectivity index (χ0) is 32.1.